The summed E-state index contributed by atoms with van der Waals surface area (Å²) < 4.78 is 199. The van der Waals surface area contributed by atoms with E-state index in [1.807, 2.05) is 0 Å². The topological polar surface area (TPSA) is 43.4 Å². The fourth-order valence-electron chi connectivity index (χ4n) is 1.96. The Bertz CT molecular complexity index is 696. The van der Waals surface area contributed by atoms with Gasteiger partial charge in [-0.25, -0.2) is 0 Å². The predicted molar refractivity (Wildman–Crippen MR) is 71.2 cm³/mol. The molecule has 0 unspecified atom stereocenters. The van der Waals surface area contributed by atoms with Crippen LogP contribution in [-0.4, -0.2) is 60.6 Å². The number of hydrogen-bond donors (Lipinski definition) is 0. The van der Waals surface area contributed by atoms with E-state index in [1.165, 1.54) is 0 Å². The van der Waals surface area contributed by atoms with E-state index in [-0.39, 0.29) is 0 Å². The summed E-state index contributed by atoms with van der Waals surface area (Å²) in [5.41, 5.74) is 0. The first-order valence-corrected chi connectivity index (χ1v) is 7.81. The first kappa shape index (κ1) is 30.1. The van der Waals surface area contributed by atoms with Crippen molar-refractivity contribution in [3.63, 3.8) is 0 Å². The molecule has 0 aromatic rings. The van der Waals surface area contributed by atoms with Crippen molar-refractivity contribution < 1.29 is 80.2 Å². The van der Waals surface area contributed by atoms with Crippen LogP contribution in [-0.2, 0) is 14.3 Å². The minimum Gasteiger partial charge on any atom is -0.469 e. The van der Waals surface area contributed by atoms with E-state index in [9.17, 15) is 75.4 Å². The highest BCUT2D eigenvalue weighted by molar-refractivity contribution is 5.87. The average Bonchev–Trinajstić information content (AvgIpc) is 2.62. The molecule has 3 nitrogen and oxygen atoms in total. The molecule has 0 amide bonds. The summed E-state index contributed by atoms with van der Waals surface area (Å²) in [6.45, 7) is 0. The Morgan fingerprint density at radius 3 is 1.28 bits per heavy atom. The summed E-state index contributed by atoms with van der Waals surface area (Å²) in [6.07, 6.45) is -11.6. The van der Waals surface area contributed by atoms with Gasteiger partial charge in [-0.1, -0.05) is 0 Å². The monoisotopic (exact) mass is 512 g/mol. The zero-order valence-corrected chi connectivity index (χ0v) is 15.2. The highest BCUT2D eigenvalue weighted by Gasteiger charge is 2.93. The molecule has 0 heterocycles. The van der Waals surface area contributed by atoms with Crippen molar-refractivity contribution in [3.05, 3.63) is 0 Å². The molecule has 0 aliphatic rings. The first-order valence-electron chi connectivity index (χ1n) is 7.81. The van der Waals surface area contributed by atoms with E-state index in [1.54, 1.807) is 0 Å². The molecule has 0 fully saturated rings. The SMILES string of the molecule is COC(=O)CCCCC(=O)C(F)(F)C(F)(F)C(F)(F)C(F)(F)C(F)(F)C(F)(F)C(F)(F)F. The van der Waals surface area contributed by atoms with E-state index in [0.29, 0.717) is 0 Å². The maximum absolute atomic E-state index is 13.5. The lowest BCUT2D eigenvalue weighted by Crippen LogP contribution is -2.73. The molecule has 0 aromatic carbocycles. The number of ketones is 1. The minimum absolute atomic E-state index is 0.567. The molecule has 0 saturated carbocycles. The highest BCUT2D eigenvalue weighted by atomic mass is 19.4. The van der Waals surface area contributed by atoms with Crippen LogP contribution in [0.2, 0.25) is 0 Å². The molecule has 18 heteroatoms. The van der Waals surface area contributed by atoms with Gasteiger partial charge in [-0.15, -0.1) is 0 Å². The van der Waals surface area contributed by atoms with Crippen LogP contribution in [0.25, 0.3) is 0 Å². The summed E-state index contributed by atoms with van der Waals surface area (Å²) in [5.74, 6) is -52.2. The molecule has 32 heavy (non-hydrogen) atoms. The second-order valence-corrected chi connectivity index (χ2v) is 6.15. The molecular formula is C14H11F15O3. The zero-order valence-electron chi connectivity index (χ0n) is 15.2. The van der Waals surface area contributed by atoms with Crippen LogP contribution in [0, 0.1) is 0 Å². The highest BCUT2D eigenvalue weighted by Crippen LogP contribution is 2.62. The lowest BCUT2D eigenvalue weighted by Gasteiger charge is -2.41. The van der Waals surface area contributed by atoms with Gasteiger partial charge in [0, 0.05) is 12.8 Å². The summed E-state index contributed by atoms with van der Waals surface area (Å²) in [5, 5.41) is 0. The quantitative estimate of drug-likeness (QED) is 0.204. The number of Topliss-reactive ketones (excluding diaryl/α,β-unsaturated/α-hetero) is 1. The molecule has 0 aromatic heterocycles. The average molecular weight is 512 g/mol. The van der Waals surface area contributed by atoms with Crippen molar-refractivity contribution in [2.45, 2.75) is 67.4 Å². The molecule has 0 aliphatic heterocycles. The Balaban J connectivity index is 6.04. The number of esters is 1. The van der Waals surface area contributed by atoms with Gasteiger partial charge in [0.05, 0.1) is 7.11 Å². The second-order valence-electron chi connectivity index (χ2n) is 6.15. The van der Waals surface area contributed by atoms with Gasteiger partial charge in [-0.2, -0.15) is 65.9 Å². The van der Waals surface area contributed by atoms with Gasteiger partial charge in [-0.05, 0) is 12.8 Å². The van der Waals surface area contributed by atoms with E-state index in [0.717, 1.165) is 7.11 Å². The minimum atomic E-state index is -8.43. The Labute approximate surface area is 167 Å². The number of halogens is 15. The summed E-state index contributed by atoms with van der Waals surface area (Å²) >= 11 is 0. The molecule has 0 rings (SSSR count). The zero-order chi connectivity index (χ0) is 26.2. The van der Waals surface area contributed by atoms with Gasteiger partial charge in [0.25, 0.3) is 0 Å². The van der Waals surface area contributed by atoms with E-state index >= 15 is 0 Å². The van der Waals surface area contributed by atoms with Crippen LogP contribution in [0.5, 0.6) is 0 Å². The Morgan fingerprint density at radius 1 is 0.562 bits per heavy atom. The normalized spacial score (nSPS) is 15.0. The van der Waals surface area contributed by atoms with Gasteiger partial charge in [0.1, 0.15) is 0 Å². The van der Waals surface area contributed by atoms with E-state index in [2.05, 4.69) is 4.74 Å². The molecule has 0 radical (unpaired) electrons. The molecule has 0 saturated heterocycles. The summed E-state index contributed by atoms with van der Waals surface area (Å²) in [4.78, 5) is 21.9. The summed E-state index contributed by atoms with van der Waals surface area (Å²) in [7, 11) is 0.850. The number of alkyl halides is 15. The maximum atomic E-state index is 13.5. The lowest BCUT2D eigenvalue weighted by atomic mass is 9.89. The Kier molecular flexibility index (Phi) is 8.27. The molecule has 0 bridgehead atoms. The number of hydrogen-bond acceptors (Lipinski definition) is 3. The number of ether oxygens (including phenoxy) is 1. The fourth-order valence-corrected chi connectivity index (χ4v) is 1.96. The van der Waals surface area contributed by atoms with Crippen molar-refractivity contribution >= 4 is 11.8 Å². The van der Waals surface area contributed by atoms with Crippen LogP contribution in [0.15, 0.2) is 0 Å². The van der Waals surface area contributed by atoms with Crippen molar-refractivity contribution in [1.82, 2.24) is 0 Å². The number of unbranched alkanes of at least 4 members (excludes halogenated alkanes) is 1. The molecule has 190 valence electrons. The third-order valence-corrected chi connectivity index (χ3v) is 3.94. The smallest absolute Gasteiger partial charge is 0.460 e. The van der Waals surface area contributed by atoms with E-state index in [4.69, 9.17) is 0 Å². The van der Waals surface area contributed by atoms with Gasteiger partial charge in [0.15, 0.2) is 0 Å². The third-order valence-electron chi connectivity index (χ3n) is 3.94. The van der Waals surface area contributed by atoms with Crippen molar-refractivity contribution in [3.8, 4) is 0 Å². The molecule has 0 atom stereocenters. The Morgan fingerprint density at radius 2 is 0.906 bits per heavy atom. The van der Waals surface area contributed by atoms with Crippen LogP contribution < -0.4 is 0 Å². The van der Waals surface area contributed by atoms with Crippen LogP contribution in [0.1, 0.15) is 25.7 Å². The van der Waals surface area contributed by atoms with Gasteiger partial charge in [0.2, 0.25) is 5.78 Å². The molecule has 0 spiro atoms. The maximum Gasteiger partial charge on any atom is 0.460 e. The van der Waals surface area contributed by atoms with Gasteiger partial charge >= 0.3 is 47.7 Å². The lowest BCUT2D eigenvalue weighted by molar-refractivity contribution is -0.449. The second kappa shape index (κ2) is 8.79. The van der Waals surface area contributed by atoms with Crippen LogP contribution >= 0.6 is 0 Å². The predicted octanol–water partition coefficient (Wildman–Crippen LogP) is 5.66. The first-order chi connectivity index (χ1) is 13.9. The van der Waals surface area contributed by atoms with Crippen molar-refractivity contribution in [1.29, 1.82) is 0 Å². The van der Waals surface area contributed by atoms with Crippen molar-refractivity contribution in [2.75, 3.05) is 7.11 Å². The van der Waals surface area contributed by atoms with Gasteiger partial charge in [-0.3, -0.25) is 9.59 Å². The summed E-state index contributed by atoms with van der Waals surface area (Å²) in [6, 6.07) is 0. The van der Waals surface area contributed by atoms with Crippen LogP contribution in [0.4, 0.5) is 65.9 Å². The van der Waals surface area contributed by atoms with Crippen molar-refractivity contribution in [2.24, 2.45) is 0 Å². The number of carbonyl (C=O) groups is 2. The number of carbonyl (C=O) groups excluding carboxylic acids is 2. The van der Waals surface area contributed by atoms with Gasteiger partial charge < -0.3 is 4.74 Å². The largest absolute Gasteiger partial charge is 0.469 e. The Hall–Kier alpha value is -1.91. The number of rotatable bonds is 11. The van der Waals surface area contributed by atoms with Crippen LogP contribution in [0.3, 0.4) is 0 Å². The molecule has 0 aliphatic carbocycles. The fraction of sp³-hybridized carbons (Fsp3) is 0.857. The third kappa shape index (κ3) is 4.58. The number of methoxy groups -OCH3 is 1. The molecular weight excluding hydrogens is 501 g/mol. The van der Waals surface area contributed by atoms with E-state index < -0.39 is 79.1 Å². The molecule has 0 N–H and O–H groups in total. The standard InChI is InChI=1S/C14H11F15O3/c1-32-7(31)5-3-2-4-6(30)8(15,16)9(17,18)10(19,20)11(21,22)12(23,24)13(25,26)14(27,28)29/h2-5H2,1H3.